The van der Waals surface area contributed by atoms with E-state index in [1.807, 2.05) is 0 Å². The summed E-state index contributed by atoms with van der Waals surface area (Å²) in [5, 5.41) is 0. The molecule has 7 heteroatoms. The molecular weight excluding hydrogens is 170 g/mol. The Bertz CT molecular complexity index is 32.7. The molecule has 0 radical (unpaired) electrons. The van der Waals surface area contributed by atoms with Gasteiger partial charge in [-0.15, -0.1) is 0 Å². The van der Waals surface area contributed by atoms with Crippen molar-refractivity contribution in [3.05, 3.63) is 0 Å². The summed E-state index contributed by atoms with van der Waals surface area (Å²) >= 11 is 0. The van der Waals surface area contributed by atoms with Crippen molar-refractivity contribution >= 4 is 9.17 Å². The molecule has 32 valence electrons. The fourth-order valence-corrected chi connectivity index (χ4v) is 0. The van der Waals surface area contributed by atoms with Crippen LogP contribution in [0.4, 0.5) is 0 Å². The minimum atomic E-state index is -3.63. The molecule has 0 heterocycles. The van der Waals surface area contributed by atoms with E-state index in [2.05, 4.69) is 0 Å². The molecular formula is H2K2O4Si. The predicted molar refractivity (Wildman–Crippen MR) is 10.1 cm³/mol. The van der Waals surface area contributed by atoms with E-state index in [0.29, 0.717) is 0 Å². The van der Waals surface area contributed by atoms with E-state index in [1.54, 1.807) is 0 Å². The molecule has 0 saturated carbocycles. The molecule has 0 aromatic carbocycles. The van der Waals surface area contributed by atoms with Crippen LogP contribution in [0.3, 0.4) is 0 Å². The molecule has 0 amide bonds. The van der Waals surface area contributed by atoms with Crippen molar-refractivity contribution in [2.75, 3.05) is 0 Å². The van der Waals surface area contributed by atoms with Crippen LogP contribution in [0.15, 0.2) is 0 Å². The summed E-state index contributed by atoms with van der Waals surface area (Å²) in [7, 11) is -3.63. The first kappa shape index (κ1) is 22.5. The molecule has 0 rings (SSSR count). The van der Waals surface area contributed by atoms with Crippen LogP contribution in [-0.2, 0) is 4.46 Å². The molecule has 0 aromatic heterocycles. The molecule has 7 heavy (non-hydrogen) atoms. The predicted octanol–water partition coefficient (Wildman–Crippen LogP) is -9.69. The second-order valence-electron chi connectivity index (χ2n) is 0.250. The van der Waals surface area contributed by atoms with Gasteiger partial charge < -0.3 is 19.5 Å². The first-order valence-corrected chi connectivity index (χ1v) is 1.84. The van der Waals surface area contributed by atoms with Crippen molar-refractivity contribution in [1.29, 1.82) is 0 Å². The van der Waals surface area contributed by atoms with Crippen LogP contribution in [0.1, 0.15) is 0 Å². The summed E-state index contributed by atoms with van der Waals surface area (Å²) < 4.78 is 8.52. The largest absolute Gasteiger partial charge is 1.00 e. The summed E-state index contributed by atoms with van der Waals surface area (Å²) in [6.45, 7) is 0. The molecule has 4 nitrogen and oxygen atoms in total. The van der Waals surface area contributed by atoms with E-state index in [0.717, 1.165) is 0 Å². The fourth-order valence-electron chi connectivity index (χ4n) is 0. The van der Waals surface area contributed by atoms with Crippen LogP contribution in [0.25, 0.3) is 0 Å². The molecule has 0 aromatic rings. The number of rotatable bonds is 0. The van der Waals surface area contributed by atoms with Crippen molar-refractivity contribution in [3.63, 3.8) is 0 Å². The van der Waals surface area contributed by atoms with Crippen LogP contribution in [0, 0.1) is 0 Å². The third-order valence-corrected chi connectivity index (χ3v) is 0. The topological polar surface area (TPSA) is 94.7 Å². The first-order valence-electron chi connectivity index (χ1n) is 0.612. The van der Waals surface area contributed by atoms with Gasteiger partial charge in [-0.2, -0.15) is 0 Å². The third-order valence-electron chi connectivity index (χ3n) is 0. The van der Waals surface area contributed by atoms with Gasteiger partial charge in [0.1, 0.15) is 0 Å². The molecule has 0 spiro atoms. The number of hydrogen-bond acceptors (Lipinski definition) is 3. The minimum Gasteiger partial charge on any atom is -0.672 e. The molecule has 0 aliphatic heterocycles. The van der Waals surface area contributed by atoms with Gasteiger partial charge in [0, 0.05) is 9.17 Å². The Morgan fingerprint density at radius 1 is 1.14 bits per heavy atom. The zero-order valence-electron chi connectivity index (χ0n) is 4.22. The second-order valence-corrected chi connectivity index (χ2v) is 0.750. The van der Waals surface area contributed by atoms with Gasteiger partial charge >= 0.3 is 103 Å². The molecule has 0 saturated heterocycles. The maximum absolute atomic E-state index is 8.52. The normalized spacial score (nSPS) is 3.43. The van der Waals surface area contributed by atoms with Crippen LogP contribution in [0.5, 0.6) is 0 Å². The Morgan fingerprint density at radius 3 is 1.14 bits per heavy atom. The molecule has 0 atom stereocenters. The molecule has 0 aliphatic rings. The Hall–Kier alpha value is 2.85. The average Bonchev–Trinajstić information content (AvgIpc) is 0.811. The van der Waals surface area contributed by atoms with Crippen molar-refractivity contribution in [1.82, 2.24) is 0 Å². The zero-order chi connectivity index (χ0) is 3.58. The van der Waals surface area contributed by atoms with Gasteiger partial charge in [0.15, 0.2) is 0 Å². The fraction of sp³-hybridized carbons (Fsp3) is 0. The summed E-state index contributed by atoms with van der Waals surface area (Å²) in [4.78, 5) is 17.0. The zero-order valence-corrected chi connectivity index (χ0v) is 11.5. The number of hydrogen-bond donors (Lipinski definition) is 0. The van der Waals surface area contributed by atoms with Crippen molar-refractivity contribution in [2.24, 2.45) is 0 Å². The molecule has 0 unspecified atom stereocenters. The van der Waals surface area contributed by atoms with E-state index >= 15 is 0 Å². The second kappa shape index (κ2) is 15.9. The van der Waals surface area contributed by atoms with E-state index < -0.39 is 9.17 Å². The Morgan fingerprint density at radius 2 is 1.14 bits per heavy atom. The minimum absolute atomic E-state index is 0. The quantitative estimate of drug-likeness (QED) is 0.339. The van der Waals surface area contributed by atoms with Gasteiger partial charge in [0.05, 0.1) is 0 Å². The van der Waals surface area contributed by atoms with Crippen LogP contribution in [-0.4, -0.2) is 14.6 Å². The van der Waals surface area contributed by atoms with Gasteiger partial charge in [-0.25, -0.2) is 0 Å². The van der Waals surface area contributed by atoms with Crippen LogP contribution >= 0.6 is 0 Å². The Balaban J connectivity index is -0.0000000150. The monoisotopic (exact) mass is 172 g/mol. The maximum Gasteiger partial charge on any atom is 1.00 e. The smallest absolute Gasteiger partial charge is 0.672 e. The van der Waals surface area contributed by atoms with Gasteiger partial charge in [-0.3, -0.25) is 0 Å². The molecule has 2 N–H and O–H groups in total. The summed E-state index contributed by atoms with van der Waals surface area (Å²) in [5.74, 6) is 0. The van der Waals surface area contributed by atoms with Crippen molar-refractivity contribution < 1.29 is 122 Å². The van der Waals surface area contributed by atoms with Gasteiger partial charge in [-0.05, 0) is 0 Å². The van der Waals surface area contributed by atoms with Gasteiger partial charge in [0.2, 0.25) is 0 Å². The Kier molecular flexibility index (Phi) is 51.3. The van der Waals surface area contributed by atoms with Gasteiger partial charge in [-0.1, -0.05) is 0 Å². The van der Waals surface area contributed by atoms with E-state index in [1.165, 1.54) is 0 Å². The van der Waals surface area contributed by atoms with E-state index in [-0.39, 0.29) is 108 Å². The summed E-state index contributed by atoms with van der Waals surface area (Å²) in [6.07, 6.45) is 0. The van der Waals surface area contributed by atoms with Crippen molar-refractivity contribution in [2.45, 2.75) is 0 Å². The van der Waals surface area contributed by atoms with Crippen LogP contribution < -0.4 is 112 Å². The molecule has 0 fully saturated rings. The summed E-state index contributed by atoms with van der Waals surface area (Å²) in [5.41, 5.74) is 0. The first-order chi connectivity index (χ1) is 1.73. The molecule has 0 aliphatic carbocycles. The average molecular weight is 172 g/mol. The van der Waals surface area contributed by atoms with E-state index in [4.69, 9.17) is 14.1 Å². The molecule has 0 bridgehead atoms. The van der Waals surface area contributed by atoms with E-state index in [9.17, 15) is 0 Å². The standard InChI is InChI=1S/2K.O3Si.H2O/c;;1-4(2)3;/h;;;1H2/q2*+1;-2;. The van der Waals surface area contributed by atoms with Crippen LogP contribution in [0.2, 0.25) is 0 Å². The third kappa shape index (κ3) is 51.1. The summed E-state index contributed by atoms with van der Waals surface area (Å²) in [6, 6.07) is 0. The maximum atomic E-state index is 8.52. The van der Waals surface area contributed by atoms with Crippen molar-refractivity contribution in [3.8, 4) is 0 Å². The Labute approximate surface area is 128 Å². The SMILES string of the molecule is O.O=[Si]([O-])[O-].[K+].[K+]. The van der Waals surface area contributed by atoms with Gasteiger partial charge in [0.25, 0.3) is 0 Å².